The van der Waals surface area contributed by atoms with Crippen LogP contribution in [-0.4, -0.2) is 81.5 Å². The molecule has 2 aliphatic heterocycles. The first-order valence-electron chi connectivity index (χ1n) is 13.7. The number of likely N-dealkylation sites (tertiary alicyclic amines) is 1. The van der Waals surface area contributed by atoms with Crippen LogP contribution in [-0.2, 0) is 11.3 Å². The smallest absolute Gasteiger partial charge is 0.410 e. The molecule has 5 rings (SSSR count). The Labute approximate surface area is 229 Å². The van der Waals surface area contributed by atoms with E-state index < -0.39 is 5.60 Å². The predicted molar refractivity (Wildman–Crippen MR) is 148 cm³/mol. The van der Waals surface area contributed by atoms with Crippen molar-refractivity contribution in [3.8, 4) is 6.07 Å². The van der Waals surface area contributed by atoms with E-state index in [9.17, 15) is 9.59 Å². The van der Waals surface area contributed by atoms with Gasteiger partial charge in [-0.3, -0.25) is 9.69 Å². The molecule has 3 aromatic rings. The number of nitrogens with zero attached hydrogens (tertiary/aromatic N) is 5. The number of hydrogen-bond donors (Lipinski definition) is 1. The van der Waals surface area contributed by atoms with Crippen molar-refractivity contribution in [2.24, 2.45) is 0 Å². The van der Waals surface area contributed by atoms with Crippen LogP contribution >= 0.6 is 0 Å². The minimum Gasteiger partial charge on any atom is -0.444 e. The third kappa shape index (κ3) is 6.40. The second kappa shape index (κ2) is 11.1. The zero-order chi connectivity index (χ0) is 27.6. The van der Waals surface area contributed by atoms with E-state index in [4.69, 9.17) is 10.00 Å². The van der Waals surface area contributed by atoms with E-state index >= 15 is 0 Å². The maximum atomic E-state index is 13.2. The van der Waals surface area contributed by atoms with Crippen molar-refractivity contribution in [3.63, 3.8) is 0 Å². The Kier molecular flexibility index (Phi) is 7.58. The van der Waals surface area contributed by atoms with Crippen LogP contribution in [0.5, 0.6) is 0 Å². The van der Waals surface area contributed by atoms with Crippen LogP contribution in [0.2, 0.25) is 0 Å². The molecule has 0 unspecified atom stereocenters. The molecule has 2 amide bonds. The summed E-state index contributed by atoms with van der Waals surface area (Å²) in [6.07, 6.45) is 1.50. The number of H-pyrrole nitrogens is 1. The lowest BCUT2D eigenvalue weighted by Crippen LogP contribution is -2.48. The fourth-order valence-electron chi connectivity index (χ4n) is 5.31. The number of aromatic amines is 1. The third-order valence-corrected chi connectivity index (χ3v) is 7.48. The number of carbonyl (C=O) groups excluding carboxylic acids is 2. The van der Waals surface area contributed by atoms with Crippen molar-refractivity contribution in [1.29, 1.82) is 5.26 Å². The van der Waals surface area contributed by atoms with Gasteiger partial charge in [-0.2, -0.15) is 5.26 Å². The topological polar surface area (TPSA) is 106 Å². The molecule has 0 saturated carbocycles. The van der Waals surface area contributed by atoms with Gasteiger partial charge in [0, 0.05) is 45.8 Å². The summed E-state index contributed by atoms with van der Waals surface area (Å²) in [5, 5.41) is 8.98. The highest BCUT2D eigenvalue weighted by Crippen LogP contribution is 2.30. The molecule has 1 N–H and O–H groups in total. The lowest BCUT2D eigenvalue weighted by atomic mass is 9.89. The van der Waals surface area contributed by atoms with Gasteiger partial charge in [-0.15, -0.1) is 0 Å². The molecule has 2 aliphatic rings. The van der Waals surface area contributed by atoms with Gasteiger partial charge in [0.15, 0.2) is 5.82 Å². The summed E-state index contributed by atoms with van der Waals surface area (Å²) in [7, 11) is 0. The average molecular weight is 529 g/mol. The Bertz CT molecular complexity index is 1370. The van der Waals surface area contributed by atoms with Crippen LogP contribution in [0.3, 0.4) is 0 Å². The van der Waals surface area contributed by atoms with Gasteiger partial charge in [-0.25, -0.2) is 9.78 Å². The minimum absolute atomic E-state index is 0.0727. The molecule has 0 aliphatic carbocycles. The fraction of sp³-hybridized carbons (Fsp3) is 0.467. The molecule has 9 heteroatoms. The summed E-state index contributed by atoms with van der Waals surface area (Å²) in [6, 6.07) is 16.0. The lowest BCUT2D eigenvalue weighted by Gasteiger charge is -2.34. The monoisotopic (exact) mass is 528 g/mol. The number of fused-ring (bicyclic) bond motifs is 1. The van der Waals surface area contributed by atoms with Crippen molar-refractivity contribution in [2.75, 3.05) is 39.3 Å². The number of nitrogens with one attached hydrogen (secondary N) is 1. The second-order valence-corrected chi connectivity index (χ2v) is 11.5. The van der Waals surface area contributed by atoms with Crippen molar-refractivity contribution >= 4 is 23.0 Å². The number of nitriles is 1. The Hall–Kier alpha value is -3.90. The molecule has 39 heavy (non-hydrogen) atoms. The van der Waals surface area contributed by atoms with Gasteiger partial charge in [0.05, 0.1) is 22.7 Å². The number of aromatic nitrogens is 2. The number of ether oxygens (including phenoxy) is 1. The van der Waals surface area contributed by atoms with E-state index in [1.54, 1.807) is 4.90 Å². The molecule has 2 aromatic carbocycles. The standard InChI is InChI=1S/C30H36N6O3/c1-30(2,3)39-29(38)36-12-10-23(11-13-36)24-8-9-25-26(18-24)33-27(32-25)28(37)35-16-14-34(15-17-35)20-22-6-4-21(19-31)5-7-22/h4-9,18,23H,10-17,20H2,1-3H3,(H,32,33). The zero-order valence-electron chi connectivity index (χ0n) is 22.9. The van der Waals surface area contributed by atoms with E-state index in [0.717, 1.165) is 49.1 Å². The van der Waals surface area contributed by atoms with Gasteiger partial charge in [-0.1, -0.05) is 18.2 Å². The van der Waals surface area contributed by atoms with Gasteiger partial charge in [0.2, 0.25) is 0 Å². The normalized spacial score (nSPS) is 17.3. The van der Waals surface area contributed by atoms with Crippen LogP contribution in [0.25, 0.3) is 11.0 Å². The molecule has 0 spiro atoms. The fourth-order valence-corrected chi connectivity index (χ4v) is 5.31. The first-order chi connectivity index (χ1) is 18.7. The maximum absolute atomic E-state index is 13.2. The summed E-state index contributed by atoms with van der Waals surface area (Å²) >= 11 is 0. The number of carbonyl (C=O) groups is 2. The van der Waals surface area contributed by atoms with Crippen molar-refractivity contribution in [2.45, 2.75) is 51.7 Å². The molecule has 2 fully saturated rings. The number of piperazine rings is 1. The van der Waals surface area contributed by atoms with E-state index in [-0.39, 0.29) is 12.0 Å². The number of rotatable bonds is 4. The van der Waals surface area contributed by atoms with E-state index in [1.807, 2.05) is 56.0 Å². The number of piperidine rings is 1. The Morgan fingerprint density at radius 3 is 2.33 bits per heavy atom. The number of benzene rings is 2. The second-order valence-electron chi connectivity index (χ2n) is 11.5. The summed E-state index contributed by atoms with van der Waals surface area (Å²) < 4.78 is 5.52. The lowest BCUT2D eigenvalue weighted by molar-refractivity contribution is 0.0204. The Morgan fingerprint density at radius 1 is 1.00 bits per heavy atom. The van der Waals surface area contributed by atoms with Crippen molar-refractivity contribution in [3.05, 3.63) is 65.0 Å². The molecular weight excluding hydrogens is 492 g/mol. The zero-order valence-corrected chi connectivity index (χ0v) is 22.9. The van der Waals surface area contributed by atoms with Gasteiger partial charge in [0.25, 0.3) is 5.91 Å². The number of amides is 2. The molecule has 1 aromatic heterocycles. The molecule has 204 valence electrons. The summed E-state index contributed by atoms with van der Waals surface area (Å²) in [5.41, 5.74) is 4.19. The molecule has 0 atom stereocenters. The Balaban J connectivity index is 1.16. The van der Waals surface area contributed by atoms with Crippen molar-refractivity contribution in [1.82, 2.24) is 24.7 Å². The van der Waals surface area contributed by atoms with E-state index in [2.05, 4.69) is 33.1 Å². The van der Waals surface area contributed by atoms with Crippen LogP contribution in [0.4, 0.5) is 4.79 Å². The summed E-state index contributed by atoms with van der Waals surface area (Å²) in [4.78, 5) is 39.4. The van der Waals surface area contributed by atoms with Gasteiger partial charge in [-0.05, 0) is 74.9 Å². The van der Waals surface area contributed by atoms with E-state index in [0.29, 0.717) is 43.5 Å². The number of hydrogen-bond acceptors (Lipinski definition) is 6. The first-order valence-corrected chi connectivity index (χ1v) is 13.7. The highest BCUT2D eigenvalue weighted by Gasteiger charge is 2.28. The molecule has 2 saturated heterocycles. The quantitative estimate of drug-likeness (QED) is 0.534. The van der Waals surface area contributed by atoms with Crippen LogP contribution in [0, 0.1) is 11.3 Å². The van der Waals surface area contributed by atoms with Crippen LogP contribution < -0.4 is 0 Å². The SMILES string of the molecule is CC(C)(C)OC(=O)N1CCC(c2ccc3nc(C(=O)N4CCN(Cc5ccc(C#N)cc5)CC4)[nH]c3c2)CC1. The molecule has 0 radical (unpaired) electrons. The molecule has 3 heterocycles. The van der Waals surface area contributed by atoms with Crippen LogP contribution in [0.15, 0.2) is 42.5 Å². The maximum Gasteiger partial charge on any atom is 0.410 e. The minimum atomic E-state index is -0.492. The highest BCUT2D eigenvalue weighted by atomic mass is 16.6. The number of imidazole rings is 1. The van der Waals surface area contributed by atoms with E-state index in [1.165, 1.54) is 5.56 Å². The van der Waals surface area contributed by atoms with Crippen LogP contribution in [0.1, 0.15) is 66.8 Å². The van der Waals surface area contributed by atoms with Crippen molar-refractivity contribution < 1.29 is 14.3 Å². The summed E-state index contributed by atoms with van der Waals surface area (Å²) in [6.45, 7) is 10.7. The molecule has 0 bridgehead atoms. The molecule has 9 nitrogen and oxygen atoms in total. The van der Waals surface area contributed by atoms with Gasteiger partial charge >= 0.3 is 6.09 Å². The van der Waals surface area contributed by atoms with Gasteiger partial charge in [0.1, 0.15) is 5.60 Å². The van der Waals surface area contributed by atoms with Gasteiger partial charge < -0.3 is 19.5 Å². The highest BCUT2D eigenvalue weighted by molar-refractivity contribution is 5.94. The first kappa shape index (κ1) is 26.7. The molecular formula is C30H36N6O3. The Morgan fingerprint density at radius 2 is 1.69 bits per heavy atom. The largest absolute Gasteiger partial charge is 0.444 e. The predicted octanol–water partition coefficient (Wildman–Crippen LogP) is 4.51. The third-order valence-electron chi connectivity index (χ3n) is 7.48. The average Bonchev–Trinajstić information content (AvgIpc) is 3.36. The summed E-state index contributed by atoms with van der Waals surface area (Å²) in [5.74, 6) is 0.651.